The van der Waals surface area contributed by atoms with E-state index in [-0.39, 0.29) is 38.6 Å². The molecule has 11 aliphatic rings. The van der Waals surface area contributed by atoms with Gasteiger partial charge in [0.15, 0.2) is 0 Å². The summed E-state index contributed by atoms with van der Waals surface area (Å²) in [4.78, 5) is 2.52. The topological polar surface area (TPSA) is 134 Å². The Morgan fingerprint density at radius 3 is 1.01 bits per heavy atom. The molecule has 134 heavy (non-hydrogen) atoms. The molecule has 1 aliphatic heterocycles. The molecule has 1 atom stereocenters. The number of benzene rings is 15. The first-order valence-corrected chi connectivity index (χ1v) is 47.8. The summed E-state index contributed by atoms with van der Waals surface area (Å²) in [5, 5.41) is 60.1. The summed E-state index contributed by atoms with van der Waals surface area (Å²) in [7, 11) is 0. The van der Waals surface area contributed by atoms with Crippen molar-refractivity contribution in [1.29, 1.82) is 0 Å². The highest BCUT2D eigenvalue weighted by Crippen LogP contribution is 2.62. The molecule has 0 radical (unpaired) electrons. The molecule has 0 bridgehead atoms. The van der Waals surface area contributed by atoms with Gasteiger partial charge in [-0.15, -0.1) is 0 Å². The van der Waals surface area contributed by atoms with Crippen LogP contribution in [0, 0.1) is 20.8 Å². The molecule has 1 saturated heterocycles. The third-order valence-corrected chi connectivity index (χ3v) is 31.2. The molecule has 15 aromatic rings. The number of rotatable bonds is 9. The molecule has 1 heterocycles. The van der Waals surface area contributed by atoms with Crippen LogP contribution in [0.3, 0.4) is 0 Å². The molecule has 8 heteroatoms. The highest BCUT2D eigenvalue weighted by Gasteiger charge is 2.53. The highest BCUT2D eigenvalue weighted by molar-refractivity contribution is 6.03. The number of ether oxygens (including phenoxy) is 1. The lowest BCUT2D eigenvalue weighted by Gasteiger charge is -2.30. The number of aryl methyl sites for hydroxylation is 3. The predicted octanol–water partition coefficient (Wildman–Crippen LogP) is 26.8. The van der Waals surface area contributed by atoms with Crippen molar-refractivity contribution < 1.29 is 35.4 Å². The number of hydrogen-bond acceptors (Lipinski definition) is 8. The van der Waals surface area contributed by atoms with Crippen molar-refractivity contribution in [3.05, 3.63) is 489 Å². The average Bonchev–Trinajstić information content (AvgIpc) is 1.56. The van der Waals surface area contributed by atoms with E-state index in [1.807, 2.05) is 66.7 Å². The molecule has 8 nitrogen and oxygen atoms in total. The maximum atomic E-state index is 10.2. The van der Waals surface area contributed by atoms with Crippen molar-refractivity contribution in [1.82, 2.24) is 4.90 Å². The van der Waals surface area contributed by atoms with Gasteiger partial charge < -0.3 is 35.4 Å². The highest BCUT2D eigenvalue weighted by atomic mass is 16.5. The summed E-state index contributed by atoms with van der Waals surface area (Å²) in [5.41, 5.74) is 44.4. The second-order valence-electron chi connectivity index (χ2n) is 39.5. The van der Waals surface area contributed by atoms with Crippen molar-refractivity contribution in [2.45, 2.75) is 138 Å². The van der Waals surface area contributed by atoms with E-state index in [0.29, 0.717) is 23.0 Å². The molecule has 0 aromatic heterocycles. The number of phenolic OH excluding ortho intramolecular Hbond substituents is 6. The number of allylic oxidation sites excluding steroid dienone is 6. The molecule has 1 unspecified atom stereocenters. The van der Waals surface area contributed by atoms with Crippen LogP contribution in [0.4, 0.5) is 0 Å². The first kappa shape index (κ1) is 85.1. The summed E-state index contributed by atoms with van der Waals surface area (Å²) in [6.45, 7) is 12.8. The Labute approximate surface area is 787 Å². The summed E-state index contributed by atoms with van der Waals surface area (Å²) in [6.07, 6.45) is 23.0. The Bertz CT molecular complexity index is 7230. The van der Waals surface area contributed by atoms with E-state index >= 15 is 0 Å². The molecule has 1 fully saturated rings. The minimum Gasteiger partial charge on any atom is -0.508 e. The van der Waals surface area contributed by atoms with Crippen LogP contribution in [0.15, 0.2) is 334 Å². The van der Waals surface area contributed by atoms with Gasteiger partial charge in [0.1, 0.15) is 46.9 Å². The number of fused-ring (bicyclic) bond motifs is 15. The monoisotopic (exact) mass is 1750 g/mol. The summed E-state index contributed by atoms with van der Waals surface area (Å²) in [5.74, 6) is 2.91. The lowest BCUT2D eigenvalue weighted by atomic mass is 9.72. The zero-order valence-corrected chi connectivity index (χ0v) is 76.6. The Hall–Kier alpha value is -14.4. The molecule has 5 spiro atoms. The lowest BCUT2D eigenvalue weighted by molar-refractivity contribution is 0.183. The molecule has 6 N–H and O–H groups in total. The molecule has 15 aromatic carbocycles. The van der Waals surface area contributed by atoms with E-state index in [1.165, 1.54) is 194 Å². The molecule has 0 amide bonds. The molecule has 0 saturated carbocycles. The van der Waals surface area contributed by atoms with Gasteiger partial charge in [0, 0.05) is 33.6 Å². The fourth-order valence-corrected chi connectivity index (χ4v) is 25.1. The fraction of sp³-hybridized carbons (Fsp3) is 0.206. The van der Waals surface area contributed by atoms with E-state index in [9.17, 15) is 30.6 Å². The second-order valence-corrected chi connectivity index (χ2v) is 39.5. The Morgan fingerprint density at radius 2 is 0.590 bits per heavy atom. The predicted molar refractivity (Wildman–Crippen MR) is 546 cm³/mol. The molecule has 10 aliphatic carbocycles. The Balaban J connectivity index is 0.0000000980. The first-order valence-electron chi connectivity index (χ1n) is 47.8. The van der Waals surface area contributed by atoms with Gasteiger partial charge in [0.25, 0.3) is 0 Å². The minimum absolute atomic E-state index is 0.00588. The van der Waals surface area contributed by atoms with Crippen molar-refractivity contribution in [3.8, 4) is 40.2 Å². The quantitative estimate of drug-likeness (QED) is 0.0842. The summed E-state index contributed by atoms with van der Waals surface area (Å²) >= 11 is 0. The van der Waals surface area contributed by atoms with E-state index in [2.05, 4.69) is 312 Å². The van der Waals surface area contributed by atoms with Gasteiger partial charge in [-0.2, -0.15) is 0 Å². The van der Waals surface area contributed by atoms with Gasteiger partial charge in [-0.25, -0.2) is 0 Å². The van der Waals surface area contributed by atoms with Crippen LogP contribution in [0.25, 0.3) is 57.7 Å². The van der Waals surface area contributed by atoms with Crippen LogP contribution >= 0.6 is 0 Å². The SMILES string of the molecule is CC1=C(c2ccc(C)cc2)C2(Cc3ccccc3C2)c2ccc(O)cc21.Cc1ccc(C2=Cc3cc(O)ccc3C23Cc2ccccc2C3)cc1.Cc1cccc(C2=Cc3cc(O)ccc3C23Cc2ccc(OCCN4CCCCC4)cc2C3)c1.Oc1ccc2c(c1)C=C(c1ccccc1)C21Cc2ccccc2C1.Oc1cccc(C2=Cc3cc(O)ccc3C23Cc2ccccc2C3)c1. The minimum atomic E-state index is -0.124. The second kappa shape index (κ2) is 34.3. The first-order chi connectivity index (χ1) is 65.3. The molecular weight excluding hydrogens is 1640 g/mol. The number of phenols is 6. The van der Waals surface area contributed by atoms with Crippen LogP contribution in [-0.4, -0.2) is 61.8 Å². The molecule has 26 rings (SSSR count). The fourth-order valence-electron chi connectivity index (χ4n) is 25.1. The molecular formula is C126H111NO7. The Morgan fingerprint density at radius 1 is 0.254 bits per heavy atom. The van der Waals surface area contributed by atoms with Gasteiger partial charge >= 0.3 is 0 Å². The van der Waals surface area contributed by atoms with Gasteiger partial charge in [-0.1, -0.05) is 272 Å². The molecule has 662 valence electrons. The van der Waals surface area contributed by atoms with Crippen LogP contribution in [0.1, 0.15) is 182 Å². The van der Waals surface area contributed by atoms with E-state index in [4.69, 9.17) is 4.74 Å². The third-order valence-electron chi connectivity index (χ3n) is 31.2. The van der Waals surface area contributed by atoms with Crippen molar-refractivity contribution >= 4 is 57.7 Å². The smallest absolute Gasteiger partial charge is 0.119 e. The summed E-state index contributed by atoms with van der Waals surface area (Å²) in [6, 6.07) is 116. The van der Waals surface area contributed by atoms with Crippen LogP contribution in [0.5, 0.6) is 40.2 Å². The van der Waals surface area contributed by atoms with E-state index in [1.54, 1.807) is 12.1 Å². The normalized spacial score (nSPS) is 17.9. The number of piperidine rings is 1. The maximum absolute atomic E-state index is 10.2. The van der Waals surface area contributed by atoms with Crippen molar-refractivity contribution in [3.63, 3.8) is 0 Å². The average molecular weight is 1750 g/mol. The van der Waals surface area contributed by atoms with Crippen LogP contribution in [0.2, 0.25) is 0 Å². The van der Waals surface area contributed by atoms with Gasteiger partial charge in [-0.3, -0.25) is 4.90 Å². The largest absolute Gasteiger partial charge is 0.508 e. The zero-order chi connectivity index (χ0) is 91.2. The van der Waals surface area contributed by atoms with Crippen LogP contribution in [-0.2, 0) is 91.3 Å². The maximum Gasteiger partial charge on any atom is 0.119 e. The van der Waals surface area contributed by atoms with Crippen molar-refractivity contribution in [2.75, 3.05) is 26.2 Å². The number of aromatic hydroxyl groups is 6. The van der Waals surface area contributed by atoms with Gasteiger partial charge in [0.2, 0.25) is 0 Å². The van der Waals surface area contributed by atoms with E-state index < -0.39 is 0 Å². The third kappa shape index (κ3) is 15.3. The summed E-state index contributed by atoms with van der Waals surface area (Å²) < 4.78 is 6.21. The lowest BCUT2D eigenvalue weighted by Crippen LogP contribution is -2.33. The van der Waals surface area contributed by atoms with Crippen LogP contribution < -0.4 is 4.74 Å². The van der Waals surface area contributed by atoms with E-state index in [0.717, 1.165) is 111 Å². The van der Waals surface area contributed by atoms with Gasteiger partial charge in [-0.05, 0) is 400 Å². The van der Waals surface area contributed by atoms with Crippen molar-refractivity contribution in [2.24, 2.45) is 0 Å². The Kier molecular flexibility index (Phi) is 21.8. The number of hydrogen-bond donors (Lipinski definition) is 6. The zero-order valence-electron chi connectivity index (χ0n) is 76.6. The number of likely N-dealkylation sites (tertiary alicyclic amines) is 1. The van der Waals surface area contributed by atoms with Gasteiger partial charge in [0.05, 0.1) is 0 Å². The standard InChI is InChI=1S/C31H33NO2.C25H22O.C24H20O.C23H18O2.C23H18O/c1-22-6-5-7-23(16-22)30-19-25-17-27(33)9-11-29(25)31(30)20-24-8-10-28(18-26(24)21-31)34-15-14-32-12-3-2-4-13-32;1-16-7-9-18(10-8-16)24-17(2)22-13-21(26)11-12-23(22)25(24)14-19-5-3-4-6-20(19)15-25;1-16-6-8-17(9-7-16)23-13-20-12-21(25)10-11-22(20)24(23)14-18-4-2-3-5-19(18)15-24;24-19-7-3-6-15(10-19)22-12-18-11-20(25)8-9-21(18)23(22)13-16-4-1-2-5-17(16)14-23;24-20-10-11-21-19(12-20)13-22(16-6-2-1-3-7-16)23(21)14-17-8-4-5-9-18(17)15-23/h5-11,16-19,33H,2-4,12-15,20-21H2,1H3;3-13,26H,14-15H2,1-2H3;2-13,25H,14-15H2,1H3;1-12,24-25H,13-14H2;1-13,24H,14-15H2. The number of nitrogens with zero attached hydrogens (tertiary/aromatic N) is 1.